The average Bonchev–Trinajstić information content (AvgIpc) is 3.03. The predicted molar refractivity (Wildman–Crippen MR) is 94.2 cm³/mol. The fraction of sp³-hybridized carbons (Fsp3) is 0.0588. The van der Waals surface area contributed by atoms with Crippen molar-refractivity contribution in [2.24, 2.45) is 0 Å². The van der Waals surface area contributed by atoms with Crippen molar-refractivity contribution in [3.05, 3.63) is 65.3 Å². The van der Waals surface area contributed by atoms with Crippen molar-refractivity contribution in [3.8, 4) is 11.1 Å². The molecule has 0 spiro atoms. The van der Waals surface area contributed by atoms with E-state index in [2.05, 4.69) is 9.88 Å². The van der Waals surface area contributed by atoms with Gasteiger partial charge in [-0.05, 0) is 36.8 Å². The van der Waals surface area contributed by atoms with E-state index in [1.165, 1.54) is 31.3 Å². The lowest BCUT2D eigenvalue weighted by Crippen LogP contribution is -2.13. The van der Waals surface area contributed by atoms with Crippen LogP contribution in [0.15, 0.2) is 64.1 Å². The van der Waals surface area contributed by atoms with Crippen molar-refractivity contribution in [3.63, 3.8) is 0 Å². The average molecular weight is 377 g/mol. The molecule has 25 heavy (non-hydrogen) atoms. The van der Waals surface area contributed by atoms with E-state index in [0.29, 0.717) is 21.7 Å². The van der Waals surface area contributed by atoms with Gasteiger partial charge in [0, 0.05) is 10.6 Å². The minimum atomic E-state index is -3.94. The zero-order chi connectivity index (χ0) is 18.0. The lowest BCUT2D eigenvalue weighted by molar-refractivity contribution is 0.101. The van der Waals surface area contributed by atoms with Gasteiger partial charge in [-0.2, -0.15) is 0 Å². The normalized spacial score (nSPS) is 11.3. The molecule has 0 saturated heterocycles. The highest BCUT2D eigenvalue weighted by Gasteiger charge is 2.20. The molecule has 3 aromatic rings. The van der Waals surface area contributed by atoms with Gasteiger partial charge in [0.25, 0.3) is 10.0 Å². The van der Waals surface area contributed by atoms with Gasteiger partial charge in [-0.1, -0.05) is 41.0 Å². The molecule has 0 aliphatic carbocycles. The highest BCUT2D eigenvalue weighted by molar-refractivity contribution is 7.92. The molecule has 0 radical (unpaired) electrons. The highest BCUT2D eigenvalue weighted by atomic mass is 35.5. The second-order valence-corrected chi connectivity index (χ2v) is 7.38. The Morgan fingerprint density at radius 1 is 1.16 bits per heavy atom. The van der Waals surface area contributed by atoms with E-state index in [1.807, 2.05) is 0 Å². The Bertz CT molecular complexity index is 1030. The van der Waals surface area contributed by atoms with Gasteiger partial charge in [-0.3, -0.25) is 4.79 Å². The number of anilines is 1. The van der Waals surface area contributed by atoms with Crippen molar-refractivity contribution >= 4 is 33.3 Å². The van der Waals surface area contributed by atoms with Gasteiger partial charge in [0.2, 0.25) is 5.88 Å². The number of halogens is 1. The van der Waals surface area contributed by atoms with Gasteiger partial charge in [-0.15, -0.1) is 0 Å². The number of nitrogens with zero attached hydrogens (tertiary/aromatic N) is 1. The third-order valence-corrected chi connectivity index (χ3v) is 5.08. The number of nitrogens with one attached hydrogen (secondary N) is 1. The van der Waals surface area contributed by atoms with Crippen LogP contribution < -0.4 is 4.72 Å². The number of benzene rings is 2. The molecule has 0 saturated carbocycles. The molecule has 0 aliphatic rings. The molecule has 0 amide bonds. The Kier molecular flexibility index (Phi) is 4.61. The third kappa shape index (κ3) is 3.72. The number of Topliss-reactive ketones (excluding diaryl/α,β-unsaturated/α-hetero) is 1. The first-order valence-electron chi connectivity index (χ1n) is 7.21. The van der Waals surface area contributed by atoms with E-state index < -0.39 is 10.0 Å². The fourth-order valence-corrected chi connectivity index (χ4v) is 3.39. The molecule has 1 heterocycles. The van der Waals surface area contributed by atoms with Crippen LogP contribution in [0.1, 0.15) is 17.3 Å². The first kappa shape index (κ1) is 17.2. The fourth-order valence-electron chi connectivity index (χ4n) is 2.21. The van der Waals surface area contributed by atoms with Crippen LogP contribution in [0, 0.1) is 0 Å². The summed E-state index contributed by atoms with van der Waals surface area (Å²) in [6, 6.07) is 12.6. The van der Waals surface area contributed by atoms with Gasteiger partial charge in [-0.25, -0.2) is 13.1 Å². The standard InChI is InChI=1S/C17H13ClN2O4S/c1-11(21)13-3-2-4-15(9-13)25(22,23)20-17-16(10-19-24-17)12-5-7-14(18)8-6-12/h2-10,20H,1H3. The van der Waals surface area contributed by atoms with E-state index >= 15 is 0 Å². The molecule has 1 N–H and O–H groups in total. The Hall–Kier alpha value is -2.64. The Balaban J connectivity index is 1.95. The summed E-state index contributed by atoms with van der Waals surface area (Å²) in [5.41, 5.74) is 1.47. The smallest absolute Gasteiger partial charge is 0.264 e. The number of carbonyl (C=O) groups is 1. The number of sulfonamides is 1. The molecule has 0 aliphatic heterocycles. The van der Waals surface area contributed by atoms with Gasteiger partial charge in [0.15, 0.2) is 5.78 Å². The Morgan fingerprint density at radius 2 is 1.88 bits per heavy atom. The van der Waals surface area contributed by atoms with Crippen LogP contribution in [0.2, 0.25) is 5.02 Å². The topological polar surface area (TPSA) is 89.3 Å². The molecule has 128 valence electrons. The van der Waals surface area contributed by atoms with Crippen molar-refractivity contribution < 1.29 is 17.7 Å². The zero-order valence-corrected chi connectivity index (χ0v) is 14.6. The van der Waals surface area contributed by atoms with Crippen LogP contribution in [-0.2, 0) is 10.0 Å². The molecule has 0 fully saturated rings. The molecule has 1 aromatic heterocycles. The second-order valence-electron chi connectivity index (χ2n) is 5.27. The van der Waals surface area contributed by atoms with Crippen LogP contribution in [0.3, 0.4) is 0 Å². The van der Waals surface area contributed by atoms with Crippen molar-refractivity contribution in [2.75, 3.05) is 4.72 Å². The van der Waals surface area contributed by atoms with Crippen molar-refractivity contribution in [1.82, 2.24) is 5.16 Å². The Morgan fingerprint density at radius 3 is 2.56 bits per heavy atom. The molecule has 0 unspecified atom stereocenters. The predicted octanol–water partition coefficient (Wildman–Crippen LogP) is 4.00. The summed E-state index contributed by atoms with van der Waals surface area (Å²) >= 11 is 5.86. The van der Waals surface area contributed by atoms with Crippen LogP contribution in [0.5, 0.6) is 0 Å². The number of carbonyl (C=O) groups excluding carboxylic acids is 1. The number of hydrogen-bond acceptors (Lipinski definition) is 5. The first-order chi connectivity index (χ1) is 11.9. The van der Waals surface area contributed by atoms with Crippen LogP contribution in [0.25, 0.3) is 11.1 Å². The summed E-state index contributed by atoms with van der Waals surface area (Å²) in [6.45, 7) is 1.37. The first-order valence-corrected chi connectivity index (χ1v) is 9.07. The van der Waals surface area contributed by atoms with Gasteiger partial charge in [0.05, 0.1) is 16.7 Å². The largest absolute Gasteiger partial charge is 0.337 e. The van der Waals surface area contributed by atoms with Gasteiger partial charge in [0.1, 0.15) is 0 Å². The number of aromatic nitrogens is 1. The number of rotatable bonds is 5. The lowest BCUT2D eigenvalue weighted by Gasteiger charge is -2.08. The second kappa shape index (κ2) is 6.70. The molecule has 2 aromatic carbocycles. The van der Waals surface area contributed by atoms with Crippen LogP contribution >= 0.6 is 11.6 Å². The summed E-state index contributed by atoms with van der Waals surface area (Å²) in [7, 11) is -3.94. The van der Waals surface area contributed by atoms with E-state index in [-0.39, 0.29) is 16.6 Å². The van der Waals surface area contributed by atoms with Gasteiger partial charge < -0.3 is 4.52 Å². The molecule has 0 bridgehead atoms. The summed E-state index contributed by atoms with van der Waals surface area (Å²) in [4.78, 5) is 11.4. The summed E-state index contributed by atoms with van der Waals surface area (Å²) in [5, 5.41) is 4.21. The summed E-state index contributed by atoms with van der Waals surface area (Å²) in [6.07, 6.45) is 1.41. The van der Waals surface area contributed by atoms with Crippen LogP contribution in [0.4, 0.5) is 5.88 Å². The highest BCUT2D eigenvalue weighted by Crippen LogP contribution is 2.30. The van der Waals surface area contributed by atoms with Crippen molar-refractivity contribution in [1.29, 1.82) is 0 Å². The Labute approximate surface area is 149 Å². The summed E-state index contributed by atoms with van der Waals surface area (Å²) < 4.78 is 32.6. The maximum absolute atomic E-state index is 12.6. The summed E-state index contributed by atoms with van der Waals surface area (Å²) in [5.74, 6) is -0.242. The van der Waals surface area contributed by atoms with Crippen molar-refractivity contribution in [2.45, 2.75) is 11.8 Å². The number of ketones is 1. The molecular weight excluding hydrogens is 364 g/mol. The molecule has 6 nitrogen and oxygen atoms in total. The molecular formula is C17H13ClN2O4S. The van der Waals surface area contributed by atoms with E-state index in [0.717, 1.165) is 0 Å². The lowest BCUT2D eigenvalue weighted by atomic mass is 10.1. The third-order valence-electron chi connectivity index (χ3n) is 3.50. The number of hydrogen-bond donors (Lipinski definition) is 1. The zero-order valence-electron chi connectivity index (χ0n) is 13.1. The maximum Gasteiger partial charge on any atom is 0.264 e. The SMILES string of the molecule is CC(=O)c1cccc(S(=O)(=O)Nc2oncc2-c2ccc(Cl)cc2)c1. The van der Waals surface area contributed by atoms with E-state index in [4.69, 9.17) is 16.1 Å². The van der Waals surface area contributed by atoms with E-state index in [9.17, 15) is 13.2 Å². The molecule has 3 rings (SSSR count). The minimum absolute atomic E-state index is 0.0180. The molecule has 8 heteroatoms. The monoisotopic (exact) mass is 376 g/mol. The van der Waals surface area contributed by atoms with Gasteiger partial charge >= 0.3 is 0 Å². The molecule has 0 atom stereocenters. The maximum atomic E-state index is 12.6. The van der Waals surface area contributed by atoms with Crippen LogP contribution in [-0.4, -0.2) is 19.4 Å². The van der Waals surface area contributed by atoms with E-state index in [1.54, 1.807) is 30.3 Å². The minimum Gasteiger partial charge on any atom is -0.337 e. The quantitative estimate of drug-likeness (QED) is 0.680.